The molecule has 0 aliphatic rings. The molecule has 1 amide bonds. The van der Waals surface area contributed by atoms with E-state index in [1.54, 1.807) is 0 Å². The Morgan fingerprint density at radius 3 is 2.33 bits per heavy atom. The Balaban J connectivity index is 1.44. The molecule has 0 radical (unpaired) electrons. The van der Waals surface area contributed by atoms with Crippen LogP contribution in [-0.2, 0) is 6.42 Å². The second-order valence-corrected chi connectivity index (χ2v) is 6.47. The van der Waals surface area contributed by atoms with Gasteiger partial charge in [-0.3, -0.25) is 4.79 Å². The second-order valence-electron chi connectivity index (χ2n) is 5.52. The van der Waals surface area contributed by atoms with Crippen molar-refractivity contribution in [2.75, 3.05) is 17.2 Å². The van der Waals surface area contributed by atoms with Gasteiger partial charge < -0.3 is 10.6 Å². The highest BCUT2D eigenvalue weighted by molar-refractivity contribution is 7.12. The number of carbonyl (C=O) groups excluding carboxylic acids is 1. The number of thiophene rings is 1. The molecule has 4 heteroatoms. The van der Waals surface area contributed by atoms with Gasteiger partial charge >= 0.3 is 0 Å². The predicted molar refractivity (Wildman–Crippen MR) is 102 cm³/mol. The summed E-state index contributed by atoms with van der Waals surface area (Å²) < 4.78 is 0. The molecule has 0 unspecified atom stereocenters. The number of rotatable bonds is 7. The first kappa shape index (κ1) is 16.3. The van der Waals surface area contributed by atoms with E-state index in [0.717, 1.165) is 35.6 Å². The fourth-order valence-electron chi connectivity index (χ4n) is 2.44. The van der Waals surface area contributed by atoms with Crippen LogP contribution in [0.1, 0.15) is 21.7 Å². The molecule has 3 aromatic rings. The molecule has 3 nitrogen and oxygen atoms in total. The number of hydrogen-bond donors (Lipinski definition) is 2. The van der Waals surface area contributed by atoms with Crippen LogP contribution in [0.5, 0.6) is 0 Å². The van der Waals surface area contributed by atoms with Crippen LogP contribution in [0, 0.1) is 0 Å². The Hall–Kier alpha value is -2.59. The molecule has 122 valence electrons. The van der Waals surface area contributed by atoms with Crippen LogP contribution in [0.3, 0.4) is 0 Å². The van der Waals surface area contributed by atoms with Crippen LogP contribution in [-0.4, -0.2) is 12.5 Å². The third-order valence-corrected chi connectivity index (χ3v) is 4.57. The van der Waals surface area contributed by atoms with E-state index in [4.69, 9.17) is 0 Å². The van der Waals surface area contributed by atoms with Gasteiger partial charge in [-0.2, -0.15) is 0 Å². The van der Waals surface area contributed by atoms with Crippen LogP contribution < -0.4 is 10.6 Å². The molecular formula is C20H20N2OS. The highest BCUT2D eigenvalue weighted by Gasteiger charge is 2.06. The maximum Gasteiger partial charge on any atom is 0.265 e. The molecule has 0 aliphatic carbocycles. The number of benzene rings is 2. The topological polar surface area (TPSA) is 41.1 Å². The number of carbonyl (C=O) groups is 1. The van der Waals surface area contributed by atoms with Crippen molar-refractivity contribution >= 4 is 28.6 Å². The average Bonchev–Trinajstić information content (AvgIpc) is 3.16. The monoisotopic (exact) mass is 336 g/mol. The zero-order valence-corrected chi connectivity index (χ0v) is 14.2. The molecule has 3 rings (SSSR count). The lowest BCUT2D eigenvalue weighted by molar-refractivity contribution is 0.103. The molecule has 0 aliphatic heterocycles. The number of anilines is 2. The fraction of sp³-hybridized carbons (Fsp3) is 0.150. The smallest absolute Gasteiger partial charge is 0.265 e. The van der Waals surface area contributed by atoms with Crippen molar-refractivity contribution in [1.29, 1.82) is 0 Å². The van der Waals surface area contributed by atoms with Crippen LogP contribution in [0.2, 0.25) is 0 Å². The number of hydrogen-bond acceptors (Lipinski definition) is 3. The van der Waals surface area contributed by atoms with E-state index in [1.807, 2.05) is 47.8 Å². The van der Waals surface area contributed by atoms with Gasteiger partial charge in [-0.05, 0) is 54.1 Å². The average molecular weight is 336 g/mol. The molecule has 0 bridgehead atoms. The van der Waals surface area contributed by atoms with Crippen LogP contribution in [0.25, 0.3) is 0 Å². The largest absolute Gasteiger partial charge is 0.385 e. The molecular weight excluding hydrogens is 316 g/mol. The number of amides is 1. The summed E-state index contributed by atoms with van der Waals surface area (Å²) in [6.45, 7) is 0.926. The second kappa shape index (κ2) is 8.31. The minimum absolute atomic E-state index is 0.0615. The Labute approximate surface area is 146 Å². The molecule has 1 aromatic heterocycles. The van der Waals surface area contributed by atoms with Gasteiger partial charge in [-0.25, -0.2) is 0 Å². The Morgan fingerprint density at radius 2 is 1.62 bits per heavy atom. The van der Waals surface area contributed by atoms with E-state index in [1.165, 1.54) is 16.9 Å². The summed E-state index contributed by atoms with van der Waals surface area (Å²) in [6.07, 6.45) is 2.16. The number of aryl methyl sites for hydroxylation is 1. The standard InChI is InChI=1S/C20H20N2OS/c23-20(19-9-5-15-24-19)22-18-12-10-17(11-13-18)21-14-4-8-16-6-2-1-3-7-16/h1-3,5-7,9-13,15,21H,4,8,14H2,(H,22,23). The van der Waals surface area contributed by atoms with Gasteiger partial charge in [0.2, 0.25) is 0 Å². The molecule has 0 atom stereocenters. The number of nitrogens with one attached hydrogen (secondary N) is 2. The van der Waals surface area contributed by atoms with E-state index in [-0.39, 0.29) is 5.91 Å². The summed E-state index contributed by atoms with van der Waals surface area (Å²) in [5.74, 6) is -0.0615. The van der Waals surface area contributed by atoms with E-state index < -0.39 is 0 Å². The normalized spacial score (nSPS) is 10.3. The third kappa shape index (κ3) is 4.70. The quantitative estimate of drug-likeness (QED) is 0.593. The highest BCUT2D eigenvalue weighted by Crippen LogP contribution is 2.16. The first-order chi connectivity index (χ1) is 11.8. The molecule has 0 spiro atoms. The lowest BCUT2D eigenvalue weighted by Gasteiger charge is -2.08. The molecule has 2 N–H and O–H groups in total. The van der Waals surface area contributed by atoms with Crippen molar-refractivity contribution < 1.29 is 4.79 Å². The first-order valence-electron chi connectivity index (χ1n) is 8.04. The summed E-state index contributed by atoms with van der Waals surface area (Å²) in [7, 11) is 0. The Bertz CT molecular complexity index is 752. The van der Waals surface area contributed by atoms with Crippen molar-refractivity contribution in [3.8, 4) is 0 Å². The molecule has 24 heavy (non-hydrogen) atoms. The van der Waals surface area contributed by atoms with Gasteiger partial charge in [0.05, 0.1) is 4.88 Å². The zero-order chi connectivity index (χ0) is 16.6. The maximum absolute atomic E-state index is 12.0. The van der Waals surface area contributed by atoms with Crippen LogP contribution in [0.4, 0.5) is 11.4 Å². The van der Waals surface area contributed by atoms with Gasteiger partial charge in [0, 0.05) is 17.9 Å². The van der Waals surface area contributed by atoms with Crippen LogP contribution >= 0.6 is 11.3 Å². The summed E-state index contributed by atoms with van der Waals surface area (Å²) in [6, 6.07) is 22.0. The summed E-state index contributed by atoms with van der Waals surface area (Å²) >= 11 is 1.44. The van der Waals surface area contributed by atoms with E-state index in [9.17, 15) is 4.79 Å². The lowest BCUT2D eigenvalue weighted by Crippen LogP contribution is -2.10. The Morgan fingerprint density at radius 1 is 0.875 bits per heavy atom. The minimum Gasteiger partial charge on any atom is -0.385 e. The molecule has 0 saturated carbocycles. The Kier molecular flexibility index (Phi) is 5.64. The van der Waals surface area contributed by atoms with E-state index in [0.29, 0.717) is 0 Å². The van der Waals surface area contributed by atoms with Gasteiger partial charge in [-0.1, -0.05) is 36.4 Å². The summed E-state index contributed by atoms with van der Waals surface area (Å²) in [5.41, 5.74) is 3.24. The fourth-order valence-corrected chi connectivity index (χ4v) is 3.06. The molecule has 2 aromatic carbocycles. The zero-order valence-electron chi connectivity index (χ0n) is 13.4. The van der Waals surface area contributed by atoms with Crippen molar-refractivity contribution in [1.82, 2.24) is 0 Å². The lowest BCUT2D eigenvalue weighted by atomic mass is 10.1. The molecule has 0 saturated heterocycles. The van der Waals surface area contributed by atoms with Crippen LogP contribution in [0.15, 0.2) is 72.1 Å². The van der Waals surface area contributed by atoms with Gasteiger partial charge in [-0.15, -0.1) is 11.3 Å². The predicted octanol–water partition coefficient (Wildman–Crippen LogP) is 5.05. The van der Waals surface area contributed by atoms with Gasteiger partial charge in [0.15, 0.2) is 0 Å². The van der Waals surface area contributed by atoms with Crippen molar-refractivity contribution in [3.63, 3.8) is 0 Å². The molecule has 0 fully saturated rings. The molecule has 1 heterocycles. The van der Waals surface area contributed by atoms with Crippen molar-refractivity contribution in [2.24, 2.45) is 0 Å². The first-order valence-corrected chi connectivity index (χ1v) is 8.92. The highest BCUT2D eigenvalue weighted by atomic mass is 32.1. The maximum atomic E-state index is 12.0. The van der Waals surface area contributed by atoms with Crippen molar-refractivity contribution in [3.05, 3.63) is 82.6 Å². The van der Waals surface area contributed by atoms with E-state index >= 15 is 0 Å². The summed E-state index contributed by atoms with van der Waals surface area (Å²) in [5, 5.41) is 8.22. The van der Waals surface area contributed by atoms with Gasteiger partial charge in [0.25, 0.3) is 5.91 Å². The summed E-state index contributed by atoms with van der Waals surface area (Å²) in [4.78, 5) is 12.7. The van der Waals surface area contributed by atoms with E-state index in [2.05, 4.69) is 34.9 Å². The van der Waals surface area contributed by atoms with Gasteiger partial charge in [0.1, 0.15) is 0 Å². The SMILES string of the molecule is O=C(Nc1ccc(NCCCc2ccccc2)cc1)c1cccs1. The third-order valence-electron chi connectivity index (χ3n) is 3.70. The minimum atomic E-state index is -0.0615. The van der Waals surface area contributed by atoms with Crippen molar-refractivity contribution in [2.45, 2.75) is 12.8 Å².